The van der Waals surface area contributed by atoms with Crippen molar-refractivity contribution in [3.05, 3.63) is 22.0 Å². The van der Waals surface area contributed by atoms with E-state index in [4.69, 9.17) is 10.0 Å². The van der Waals surface area contributed by atoms with Crippen molar-refractivity contribution in [3.8, 4) is 0 Å². The number of hydrogen-bond acceptors (Lipinski definition) is 4. The van der Waals surface area contributed by atoms with Gasteiger partial charge in [0.25, 0.3) is 0 Å². The van der Waals surface area contributed by atoms with Crippen LogP contribution in [0.1, 0.15) is 0 Å². The molecule has 72 valence electrons. The van der Waals surface area contributed by atoms with E-state index in [-0.39, 0.29) is 0 Å². The van der Waals surface area contributed by atoms with Gasteiger partial charge in [-0.25, -0.2) is 0 Å². The molecule has 1 aromatic carbocycles. The summed E-state index contributed by atoms with van der Waals surface area (Å²) in [7, 11) is -1.43. The SMILES string of the molecule is OB(O)c1cc(Br)c2c(S)csc2c1. The van der Waals surface area contributed by atoms with Crippen molar-refractivity contribution in [2.45, 2.75) is 4.90 Å². The van der Waals surface area contributed by atoms with Gasteiger partial charge in [-0.2, -0.15) is 0 Å². The highest BCUT2D eigenvalue weighted by molar-refractivity contribution is 9.10. The van der Waals surface area contributed by atoms with Gasteiger partial charge in [-0.15, -0.1) is 24.0 Å². The number of rotatable bonds is 1. The van der Waals surface area contributed by atoms with E-state index < -0.39 is 7.12 Å². The maximum absolute atomic E-state index is 9.03. The van der Waals surface area contributed by atoms with Gasteiger partial charge in [0.1, 0.15) is 0 Å². The third-order valence-electron chi connectivity index (χ3n) is 1.93. The molecule has 2 nitrogen and oxygen atoms in total. The Morgan fingerprint density at radius 3 is 2.71 bits per heavy atom. The average molecular weight is 289 g/mol. The molecule has 0 aliphatic heterocycles. The van der Waals surface area contributed by atoms with Crippen LogP contribution >= 0.6 is 39.9 Å². The highest BCUT2D eigenvalue weighted by Crippen LogP contribution is 2.33. The molecule has 0 spiro atoms. The summed E-state index contributed by atoms with van der Waals surface area (Å²) in [5.74, 6) is 0. The Balaban J connectivity index is 2.74. The molecule has 2 aromatic rings. The normalized spacial score (nSPS) is 10.9. The summed E-state index contributed by atoms with van der Waals surface area (Å²) in [6.07, 6.45) is 0. The molecular weight excluding hydrogens is 283 g/mol. The molecule has 0 aliphatic rings. The van der Waals surface area contributed by atoms with Crippen LogP contribution in [-0.2, 0) is 0 Å². The fraction of sp³-hybridized carbons (Fsp3) is 0. The van der Waals surface area contributed by atoms with E-state index in [1.165, 1.54) is 11.3 Å². The molecule has 0 saturated carbocycles. The van der Waals surface area contributed by atoms with Crippen LogP contribution < -0.4 is 5.46 Å². The summed E-state index contributed by atoms with van der Waals surface area (Å²) in [5.41, 5.74) is 0.486. The van der Waals surface area contributed by atoms with Gasteiger partial charge in [-0.3, -0.25) is 0 Å². The lowest BCUT2D eigenvalue weighted by atomic mass is 9.80. The van der Waals surface area contributed by atoms with E-state index in [1.54, 1.807) is 12.1 Å². The molecule has 2 N–H and O–H groups in total. The third kappa shape index (κ3) is 1.72. The smallest absolute Gasteiger partial charge is 0.423 e. The van der Waals surface area contributed by atoms with E-state index in [0.717, 1.165) is 19.5 Å². The summed E-state index contributed by atoms with van der Waals surface area (Å²) >= 11 is 9.23. The van der Waals surface area contributed by atoms with Crippen LogP contribution in [0.25, 0.3) is 10.1 Å². The summed E-state index contributed by atoms with van der Waals surface area (Å²) in [6, 6.07) is 3.45. The van der Waals surface area contributed by atoms with Crippen LogP contribution in [0.3, 0.4) is 0 Å². The van der Waals surface area contributed by atoms with Crippen molar-refractivity contribution in [3.63, 3.8) is 0 Å². The number of hydrogen-bond donors (Lipinski definition) is 3. The molecule has 0 fully saturated rings. The van der Waals surface area contributed by atoms with E-state index in [9.17, 15) is 0 Å². The van der Waals surface area contributed by atoms with Crippen molar-refractivity contribution in [1.82, 2.24) is 0 Å². The number of benzene rings is 1. The quantitative estimate of drug-likeness (QED) is 0.551. The first-order valence-electron chi connectivity index (χ1n) is 3.85. The molecular formula is C8H6BBrO2S2. The molecule has 0 bridgehead atoms. The third-order valence-corrected chi connectivity index (χ3v) is 4.01. The van der Waals surface area contributed by atoms with E-state index in [0.29, 0.717) is 5.46 Å². The maximum Gasteiger partial charge on any atom is 0.488 e. The van der Waals surface area contributed by atoms with Crippen LogP contribution in [0.15, 0.2) is 26.9 Å². The zero-order valence-corrected chi connectivity index (χ0v) is 10.2. The summed E-state index contributed by atoms with van der Waals surface area (Å²) < 4.78 is 1.83. The van der Waals surface area contributed by atoms with Gasteiger partial charge < -0.3 is 10.0 Å². The lowest BCUT2D eigenvalue weighted by Gasteiger charge is -2.02. The van der Waals surface area contributed by atoms with Crippen molar-refractivity contribution < 1.29 is 10.0 Å². The zero-order valence-electron chi connectivity index (χ0n) is 6.94. The Kier molecular flexibility index (Phi) is 2.90. The molecule has 0 saturated heterocycles. The first kappa shape index (κ1) is 10.5. The highest BCUT2D eigenvalue weighted by Gasteiger charge is 2.14. The monoisotopic (exact) mass is 288 g/mol. The number of halogens is 1. The predicted molar refractivity (Wildman–Crippen MR) is 66.6 cm³/mol. The molecule has 0 atom stereocenters. The van der Waals surface area contributed by atoms with E-state index in [1.807, 2.05) is 5.38 Å². The number of fused-ring (bicyclic) bond motifs is 1. The van der Waals surface area contributed by atoms with Crippen molar-refractivity contribution in [2.24, 2.45) is 0 Å². The van der Waals surface area contributed by atoms with Crippen LogP contribution in [0, 0.1) is 0 Å². The van der Waals surface area contributed by atoms with Crippen LogP contribution in [0.2, 0.25) is 0 Å². The standard InChI is InChI=1S/C8H6BBrO2S2/c10-5-1-4(9(11)12)2-7-8(5)6(13)3-14-7/h1-3,11-13H. The molecule has 1 heterocycles. The first-order valence-corrected chi connectivity index (χ1v) is 5.97. The molecule has 0 aliphatic carbocycles. The average Bonchev–Trinajstić information content (AvgIpc) is 2.48. The molecule has 2 rings (SSSR count). The van der Waals surface area contributed by atoms with Crippen LogP contribution in [0.4, 0.5) is 0 Å². The van der Waals surface area contributed by atoms with Gasteiger partial charge in [0.15, 0.2) is 0 Å². The van der Waals surface area contributed by atoms with Gasteiger partial charge in [0.05, 0.1) is 0 Å². The maximum atomic E-state index is 9.03. The summed E-state index contributed by atoms with van der Waals surface area (Å²) in [4.78, 5) is 0.899. The first-order chi connectivity index (χ1) is 6.59. The molecule has 6 heteroatoms. The Hall–Kier alpha value is -0.00506. The molecule has 0 amide bonds. The van der Waals surface area contributed by atoms with Gasteiger partial charge in [0, 0.05) is 24.8 Å². The Labute approximate surface area is 99.3 Å². The van der Waals surface area contributed by atoms with Gasteiger partial charge >= 0.3 is 7.12 Å². The topological polar surface area (TPSA) is 40.5 Å². The minimum absolute atomic E-state index is 0.486. The summed E-state index contributed by atoms with van der Waals surface area (Å²) in [5, 5.41) is 21.0. The fourth-order valence-electron chi connectivity index (χ4n) is 1.27. The van der Waals surface area contributed by atoms with Crippen LogP contribution in [-0.4, -0.2) is 17.2 Å². The van der Waals surface area contributed by atoms with Crippen molar-refractivity contribution >= 4 is 62.6 Å². The molecule has 0 unspecified atom stereocenters. The van der Waals surface area contributed by atoms with Gasteiger partial charge in [-0.05, 0) is 17.6 Å². The van der Waals surface area contributed by atoms with Crippen molar-refractivity contribution in [1.29, 1.82) is 0 Å². The number of thiophene rings is 1. The van der Waals surface area contributed by atoms with Crippen molar-refractivity contribution in [2.75, 3.05) is 0 Å². The van der Waals surface area contributed by atoms with E-state index >= 15 is 0 Å². The Bertz CT molecular complexity index is 483. The number of thiol groups is 1. The molecule has 0 radical (unpaired) electrons. The second-order valence-corrected chi connectivity index (χ2v) is 5.12. The summed E-state index contributed by atoms with van der Waals surface area (Å²) in [6.45, 7) is 0. The Morgan fingerprint density at radius 2 is 2.07 bits per heavy atom. The second kappa shape index (κ2) is 3.86. The fourth-order valence-corrected chi connectivity index (χ4v) is 3.62. The molecule has 1 aromatic heterocycles. The van der Waals surface area contributed by atoms with Gasteiger partial charge in [0.2, 0.25) is 0 Å². The lowest BCUT2D eigenvalue weighted by Crippen LogP contribution is -2.29. The second-order valence-electron chi connectivity index (χ2n) is 2.87. The largest absolute Gasteiger partial charge is 0.488 e. The lowest BCUT2D eigenvalue weighted by molar-refractivity contribution is 0.426. The minimum atomic E-state index is -1.43. The zero-order chi connectivity index (χ0) is 10.3. The predicted octanol–water partition coefficient (Wildman–Crippen LogP) is 1.63. The van der Waals surface area contributed by atoms with Gasteiger partial charge in [-0.1, -0.05) is 15.9 Å². The molecule has 14 heavy (non-hydrogen) atoms. The van der Waals surface area contributed by atoms with Crippen LogP contribution in [0.5, 0.6) is 0 Å². The highest BCUT2D eigenvalue weighted by atomic mass is 79.9. The van der Waals surface area contributed by atoms with E-state index in [2.05, 4.69) is 28.6 Å². The minimum Gasteiger partial charge on any atom is -0.423 e. The Morgan fingerprint density at radius 1 is 1.36 bits per heavy atom.